The Kier molecular flexibility index (Phi) is 7.63. The Morgan fingerprint density at radius 1 is 1.22 bits per heavy atom. The van der Waals surface area contributed by atoms with Crippen LogP contribution in [0.15, 0.2) is 24.3 Å². The number of rotatable bonds is 9. The Bertz CT molecular complexity index is 600. The summed E-state index contributed by atoms with van der Waals surface area (Å²) in [6.07, 6.45) is 0. The molecule has 7 nitrogen and oxygen atoms in total. The van der Waals surface area contributed by atoms with Gasteiger partial charge in [-0.05, 0) is 25.0 Å². The average Bonchev–Trinajstić information content (AvgIpc) is 2.44. The van der Waals surface area contributed by atoms with Crippen molar-refractivity contribution in [3.8, 4) is 0 Å². The first-order valence-electron chi connectivity index (χ1n) is 7.33. The molecular formula is C15H25N3O4S. The summed E-state index contributed by atoms with van der Waals surface area (Å²) in [5.74, 6) is -0.365. The molecule has 0 heterocycles. The molecule has 130 valence electrons. The number of carbonyl (C=O) groups excluding carboxylic acids is 1. The van der Waals surface area contributed by atoms with Crippen LogP contribution < -0.4 is 15.8 Å². The van der Waals surface area contributed by atoms with E-state index in [4.69, 9.17) is 10.5 Å². The topological polar surface area (TPSA) is 111 Å². The molecule has 0 aliphatic rings. The molecule has 0 aromatic heterocycles. The molecular weight excluding hydrogens is 318 g/mol. The van der Waals surface area contributed by atoms with Crippen LogP contribution in [0.3, 0.4) is 0 Å². The third-order valence-corrected chi connectivity index (χ3v) is 4.49. The van der Waals surface area contributed by atoms with Crippen molar-refractivity contribution in [1.82, 2.24) is 10.0 Å². The third-order valence-electron chi connectivity index (χ3n) is 2.94. The van der Waals surface area contributed by atoms with Crippen molar-refractivity contribution in [3.05, 3.63) is 35.4 Å². The van der Waals surface area contributed by atoms with Gasteiger partial charge in [0.15, 0.2) is 0 Å². The summed E-state index contributed by atoms with van der Waals surface area (Å²) < 4.78 is 31.1. The number of ether oxygens (including phenoxy) is 1. The molecule has 0 saturated carbocycles. The highest BCUT2D eigenvalue weighted by Gasteiger charge is 2.14. The van der Waals surface area contributed by atoms with Gasteiger partial charge in [-0.2, -0.15) is 0 Å². The van der Waals surface area contributed by atoms with Crippen LogP contribution in [0.1, 0.15) is 25.0 Å². The van der Waals surface area contributed by atoms with Gasteiger partial charge in [-0.15, -0.1) is 0 Å². The van der Waals surface area contributed by atoms with Gasteiger partial charge in [-0.1, -0.05) is 24.3 Å². The molecule has 0 radical (unpaired) electrons. The van der Waals surface area contributed by atoms with Gasteiger partial charge < -0.3 is 15.8 Å². The van der Waals surface area contributed by atoms with Gasteiger partial charge in [0.05, 0.1) is 12.4 Å². The third kappa shape index (κ3) is 7.56. The predicted molar refractivity (Wildman–Crippen MR) is 89.0 cm³/mol. The predicted octanol–water partition coefficient (Wildman–Crippen LogP) is 0.104. The van der Waals surface area contributed by atoms with E-state index in [-0.39, 0.29) is 24.3 Å². The lowest BCUT2D eigenvalue weighted by atomic mass is 10.1. The highest BCUT2D eigenvalue weighted by molar-refractivity contribution is 7.88. The Labute approximate surface area is 137 Å². The van der Waals surface area contributed by atoms with Crippen molar-refractivity contribution in [2.45, 2.75) is 38.2 Å². The normalized spacial score (nSPS) is 13.1. The minimum atomic E-state index is -3.34. The van der Waals surface area contributed by atoms with Crippen molar-refractivity contribution >= 4 is 15.9 Å². The van der Waals surface area contributed by atoms with Crippen LogP contribution >= 0.6 is 0 Å². The van der Waals surface area contributed by atoms with Crippen molar-refractivity contribution in [3.63, 3.8) is 0 Å². The molecule has 0 saturated heterocycles. The molecule has 0 fully saturated rings. The Morgan fingerprint density at radius 3 is 2.30 bits per heavy atom. The largest absolute Gasteiger partial charge is 0.383 e. The smallest absolute Gasteiger partial charge is 0.239 e. The van der Waals surface area contributed by atoms with Gasteiger partial charge in [-0.3, -0.25) is 4.79 Å². The summed E-state index contributed by atoms with van der Waals surface area (Å²) in [6.45, 7) is 4.04. The van der Waals surface area contributed by atoms with E-state index in [1.54, 1.807) is 38.1 Å². The molecule has 1 unspecified atom stereocenters. The molecule has 23 heavy (non-hydrogen) atoms. The lowest BCUT2D eigenvalue weighted by molar-refractivity contribution is -0.123. The second-order valence-corrected chi connectivity index (χ2v) is 7.38. The molecule has 0 aliphatic carbocycles. The monoisotopic (exact) mass is 343 g/mol. The first-order valence-corrected chi connectivity index (χ1v) is 8.99. The summed E-state index contributed by atoms with van der Waals surface area (Å²) in [5, 5.41) is 2.70. The minimum Gasteiger partial charge on any atom is -0.383 e. The summed E-state index contributed by atoms with van der Waals surface area (Å²) in [7, 11) is -1.86. The van der Waals surface area contributed by atoms with Crippen molar-refractivity contribution in [2.75, 3.05) is 13.7 Å². The van der Waals surface area contributed by atoms with Crippen LogP contribution in [0.5, 0.6) is 0 Å². The number of methoxy groups -OCH3 is 1. The lowest BCUT2D eigenvalue weighted by Crippen LogP contribution is -2.43. The van der Waals surface area contributed by atoms with Crippen molar-refractivity contribution < 1.29 is 17.9 Å². The maximum absolute atomic E-state index is 11.9. The van der Waals surface area contributed by atoms with E-state index in [1.165, 1.54) is 7.11 Å². The Morgan fingerprint density at radius 2 is 1.78 bits per heavy atom. The minimum absolute atomic E-state index is 0.0729. The quantitative estimate of drug-likeness (QED) is 0.589. The molecule has 0 spiro atoms. The molecule has 0 bridgehead atoms. The van der Waals surface area contributed by atoms with E-state index in [0.29, 0.717) is 12.1 Å². The summed E-state index contributed by atoms with van der Waals surface area (Å²) in [4.78, 5) is 11.7. The molecule has 8 heteroatoms. The fourth-order valence-corrected chi connectivity index (χ4v) is 3.38. The average molecular weight is 343 g/mol. The number of nitrogens with two attached hydrogens (primary N) is 1. The fourth-order valence-electron chi connectivity index (χ4n) is 1.95. The fraction of sp³-hybridized carbons (Fsp3) is 0.533. The Balaban J connectivity index is 2.55. The van der Waals surface area contributed by atoms with E-state index < -0.39 is 16.1 Å². The number of nitrogens with one attached hydrogen (secondary N) is 2. The molecule has 1 amide bonds. The lowest BCUT2D eigenvalue weighted by Gasteiger charge is -2.12. The standard InChI is InChI=1S/C15H25N3O4S/c1-11(2)18-23(20,21)10-13-6-4-12(5-7-13)8-17-15(19)14(16)9-22-3/h4-7,11,14,18H,8-10,16H2,1-3H3,(H,17,19). The van der Waals surface area contributed by atoms with Crippen LogP contribution in [-0.4, -0.2) is 40.1 Å². The second-order valence-electron chi connectivity index (χ2n) is 5.63. The molecule has 1 atom stereocenters. The van der Waals surface area contributed by atoms with E-state index >= 15 is 0 Å². The number of amides is 1. The second kappa shape index (κ2) is 8.97. The molecule has 4 N–H and O–H groups in total. The van der Waals surface area contributed by atoms with Crippen LogP contribution in [-0.2, 0) is 31.9 Å². The molecule has 1 aromatic rings. The van der Waals surface area contributed by atoms with Crippen molar-refractivity contribution in [2.24, 2.45) is 5.73 Å². The van der Waals surface area contributed by atoms with Gasteiger partial charge in [0.25, 0.3) is 0 Å². The van der Waals surface area contributed by atoms with Gasteiger partial charge in [-0.25, -0.2) is 13.1 Å². The van der Waals surface area contributed by atoms with E-state index in [9.17, 15) is 13.2 Å². The number of hydrogen-bond donors (Lipinski definition) is 3. The number of benzene rings is 1. The van der Waals surface area contributed by atoms with E-state index in [0.717, 1.165) is 5.56 Å². The maximum Gasteiger partial charge on any atom is 0.239 e. The first kappa shape index (κ1) is 19.6. The zero-order chi connectivity index (χ0) is 17.5. The maximum atomic E-state index is 11.9. The summed E-state index contributed by atoms with van der Waals surface area (Å²) in [6, 6.07) is 6.19. The Hall–Kier alpha value is -1.48. The summed E-state index contributed by atoms with van der Waals surface area (Å²) >= 11 is 0. The van der Waals surface area contributed by atoms with E-state index in [2.05, 4.69) is 10.0 Å². The zero-order valence-corrected chi connectivity index (χ0v) is 14.5. The van der Waals surface area contributed by atoms with Crippen molar-refractivity contribution in [1.29, 1.82) is 0 Å². The number of hydrogen-bond acceptors (Lipinski definition) is 5. The van der Waals surface area contributed by atoms with E-state index in [1.807, 2.05) is 0 Å². The number of sulfonamides is 1. The highest BCUT2D eigenvalue weighted by atomic mass is 32.2. The van der Waals surface area contributed by atoms with Crippen LogP contribution in [0.25, 0.3) is 0 Å². The zero-order valence-electron chi connectivity index (χ0n) is 13.7. The van der Waals surface area contributed by atoms with Gasteiger partial charge >= 0.3 is 0 Å². The van der Waals surface area contributed by atoms with Crippen LogP contribution in [0.2, 0.25) is 0 Å². The van der Waals surface area contributed by atoms with Crippen LogP contribution in [0.4, 0.5) is 0 Å². The van der Waals surface area contributed by atoms with Crippen LogP contribution in [0, 0.1) is 0 Å². The number of carbonyl (C=O) groups is 1. The van der Waals surface area contributed by atoms with Gasteiger partial charge in [0.1, 0.15) is 6.04 Å². The van der Waals surface area contributed by atoms with Gasteiger partial charge in [0, 0.05) is 19.7 Å². The molecule has 0 aliphatic heterocycles. The van der Waals surface area contributed by atoms with Gasteiger partial charge in [0.2, 0.25) is 15.9 Å². The molecule has 1 aromatic carbocycles. The SMILES string of the molecule is COCC(N)C(=O)NCc1ccc(CS(=O)(=O)NC(C)C)cc1. The summed E-state index contributed by atoms with van der Waals surface area (Å²) in [5.41, 5.74) is 7.16. The highest BCUT2D eigenvalue weighted by Crippen LogP contribution is 2.08. The first-order chi connectivity index (χ1) is 10.7. The molecule has 1 rings (SSSR count).